The molecule has 9 heteroatoms. The van der Waals surface area contributed by atoms with Crippen LogP contribution in [0.1, 0.15) is 46.2 Å². The molecular formula is C33H26F2N4O3. The zero-order valence-corrected chi connectivity index (χ0v) is 22.8. The van der Waals surface area contributed by atoms with Gasteiger partial charge in [-0.25, -0.2) is 18.7 Å². The van der Waals surface area contributed by atoms with Crippen LogP contribution in [-0.2, 0) is 24.3 Å². The Bertz CT molecular complexity index is 1860. The number of Topliss-reactive ketones (excluding diaryl/α,β-unsaturated/α-hetero) is 1. The van der Waals surface area contributed by atoms with E-state index in [0.29, 0.717) is 46.9 Å². The van der Waals surface area contributed by atoms with Gasteiger partial charge >= 0.3 is 0 Å². The molecule has 3 aromatic carbocycles. The van der Waals surface area contributed by atoms with Gasteiger partial charge in [0.2, 0.25) is 5.88 Å². The second-order valence-electron chi connectivity index (χ2n) is 10.2. The number of halogens is 2. The van der Waals surface area contributed by atoms with E-state index in [0.717, 1.165) is 23.5 Å². The largest absolute Gasteiger partial charge is 0.473 e. The third-order valence-corrected chi connectivity index (χ3v) is 7.39. The van der Waals surface area contributed by atoms with Crippen LogP contribution in [0.2, 0.25) is 0 Å². The van der Waals surface area contributed by atoms with E-state index < -0.39 is 11.6 Å². The number of carbonyl (C=O) groups is 1. The first-order valence-corrected chi connectivity index (χ1v) is 13.6. The highest BCUT2D eigenvalue weighted by Gasteiger charge is 2.23. The number of ether oxygens (including phenoxy) is 2. The van der Waals surface area contributed by atoms with Crippen molar-refractivity contribution in [2.75, 3.05) is 6.61 Å². The van der Waals surface area contributed by atoms with Gasteiger partial charge in [0.25, 0.3) is 0 Å². The van der Waals surface area contributed by atoms with Gasteiger partial charge in [-0.15, -0.1) is 0 Å². The van der Waals surface area contributed by atoms with E-state index in [2.05, 4.69) is 4.98 Å². The summed E-state index contributed by atoms with van der Waals surface area (Å²) >= 11 is 0. The summed E-state index contributed by atoms with van der Waals surface area (Å²) in [5.74, 6) is -0.00895. The molecule has 0 N–H and O–H groups in total. The highest BCUT2D eigenvalue weighted by atomic mass is 19.1. The molecule has 0 spiro atoms. The number of rotatable bonds is 9. The molecule has 0 amide bonds. The summed E-state index contributed by atoms with van der Waals surface area (Å²) in [6.07, 6.45) is 1.26. The van der Waals surface area contributed by atoms with Crippen LogP contribution in [0.4, 0.5) is 8.78 Å². The van der Waals surface area contributed by atoms with Gasteiger partial charge in [0, 0.05) is 35.8 Å². The van der Waals surface area contributed by atoms with Crippen molar-refractivity contribution >= 4 is 16.8 Å². The van der Waals surface area contributed by atoms with Gasteiger partial charge in [-0.05, 0) is 61.4 Å². The molecule has 1 fully saturated rings. The van der Waals surface area contributed by atoms with Crippen LogP contribution >= 0.6 is 0 Å². The summed E-state index contributed by atoms with van der Waals surface area (Å²) in [7, 11) is 0. The first-order chi connectivity index (χ1) is 20.4. The maximum atomic E-state index is 15.5. The van der Waals surface area contributed by atoms with E-state index in [9.17, 15) is 9.18 Å². The lowest BCUT2D eigenvalue weighted by Gasteiger charge is -2.27. The minimum atomic E-state index is -0.532. The van der Waals surface area contributed by atoms with Crippen LogP contribution in [-0.4, -0.2) is 33.0 Å². The molecule has 0 unspecified atom stereocenters. The molecule has 1 aliphatic heterocycles. The Labute approximate surface area is 241 Å². The third-order valence-electron chi connectivity index (χ3n) is 7.39. The normalized spacial score (nSPS) is 14.4. The molecule has 1 saturated heterocycles. The van der Waals surface area contributed by atoms with Gasteiger partial charge < -0.3 is 14.0 Å². The Morgan fingerprint density at radius 3 is 2.57 bits per heavy atom. The van der Waals surface area contributed by atoms with Crippen molar-refractivity contribution in [1.29, 1.82) is 5.26 Å². The van der Waals surface area contributed by atoms with Crippen molar-refractivity contribution in [1.82, 2.24) is 14.5 Å². The van der Waals surface area contributed by atoms with Crippen LogP contribution in [0, 0.1) is 23.0 Å². The number of aromatic nitrogens is 3. The van der Waals surface area contributed by atoms with Crippen LogP contribution in [0.25, 0.3) is 22.3 Å². The quantitative estimate of drug-likeness (QED) is 0.192. The van der Waals surface area contributed by atoms with Crippen molar-refractivity contribution < 1.29 is 23.0 Å². The van der Waals surface area contributed by atoms with Crippen molar-refractivity contribution in [2.24, 2.45) is 0 Å². The summed E-state index contributed by atoms with van der Waals surface area (Å²) < 4.78 is 43.0. The number of benzene rings is 3. The number of nitrogens with zero attached hydrogens (tertiary/aromatic N) is 4. The fourth-order valence-corrected chi connectivity index (χ4v) is 4.92. The first kappa shape index (κ1) is 27.2. The molecule has 7 nitrogen and oxygen atoms in total. The lowest BCUT2D eigenvalue weighted by molar-refractivity contribution is -0.0589. The Morgan fingerprint density at radius 1 is 1.05 bits per heavy atom. The number of imidazole rings is 1. The van der Waals surface area contributed by atoms with Crippen LogP contribution < -0.4 is 4.74 Å². The number of nitriles is 1. The van der Waals surface area contributed by atoms with Gasteiger partial charge in [-0.2, -0.15) is 5.26 Å². The SMILES string of the molecule is CC(=O)c1ccc2nc(Cc3ccc(-c4cccc(OCc5ccc(C#N)cc5F)n4)cc3F)n(C[C@@H]3CCO3)c2c1. The molecule has 2 aromatic heterocycles. The Balaban J connectivity index is 1.23. The number of ketones is 1. The third kappa shape index (κ3) is 5.62. The van der Waals surface area contributed by atoms with E-state index >= 15 is 4.39 Å². The summed E-state index contributed by atoms with van der Waals surface area (Å²) in [5.41, 5.74) is 4.23. The Hall–Kier alpha value is -4.94. The lowest BCUT2D eigenvalue weighted by atomic mass is 10.1. The summed E-state index contributed by atoms with van der Waals surface area (Å²) in [5, 5.41) is 8.92. The van der Waals surface area contributed by atoms with Gasteiger partial charge in [-0.1, -0.05) is 24.3 Å². The number of hydrogen-bond acceptors (Lipinski definition) is 6. The van der Waals surface area contributed by atoms with Crippen molar-refractivity contribution in [3.05, 3.63) is 113 Å². The summed E-state index contributed by atoms with van der Waals surface area (Å²) in [6, 6.07) is 21.6. The molecule has 0 bridgehead atoms. The molecule has 6 rings (SSSR count). The molecule has 42 heavy (non-hydrogen) atoms. The van der Waals surface area contributed by atoms with Gasteiger partial charge in [0.05, 0.1) is 41.0 Å². The number of fused-ring (bicyclic) bond motifs is 1. The smallest absolute Gasteiger partial charge is 0.214 e. The second kappa shape index (κ2) is 11.5. The molecule has 5 aromatic rings. The summed E-state index contributed by atoms with van der Waals surface area (Å²) in [6.45, 7) is 2.76. The predicted octanol–water partition coefficient (Wildman–Crippen LogP) is 6.41. The average molecular weight is 565 g/mol. The highest BCUT2D eigenvalue weighted by molar-refractivity contribution is 5.97. The van der Waals surface area contributed by atoms with E-state index in [1.54, 1.807) is 36.4 Å². The van der Waals surface area contributed by atoms with E-state index in [-0.39, 0.29) is 36.4 Å². The number of carbonyl (C=O) groups excluding carboxylic acids is 1. The Morgan fingerprint density at radius 2 is 1.86 bits per heavy atom. The standard InChI is InChI=1S/C33H26F2N4O3/c1-20(40)22-9-10-30-31(15-22)39(18-26-11-12-41-26)32(37-30)16-23-7-8-24(14-28(23)35)29-3-2-4-33(38-29)42-19-25-6-5-21(17-36)13-27(25)34/h2-10,13-15,26H,11-12,16,18-19H2,1H3/t26-/m0/s1. The van der Waals surface area contributed by atoms with E-state index in [4.69, 9.17) is 19.7 Å². The zero-order valence-electron chi connectivity index (χ0n) is 22.8. The van der Waals surface area contributed by atoms with Gasteiger partial charge in [0.15, 0.2) is 5.78 Å². The Kier molecular flexibility index (Phi) is 7.46. The molecule has 0 aliphatic carbocycles. The topological polar surface area (TPSA) is 90.0 Å². The zero-order chi connectivity index (χ0) is 29.2. The minimum Gasteiger partial charge on any atom is -0.473 e. The molecule has 1 atom stereocenters. The van der Waals surface area contributed by atoms with Gasteiger partial charge in [0.1, 0.15) is 24.1 Å². The van der Waals surface area contributed by atoms with Crippen LogP contribution in [0.5, 0.6) is 5.88 Å². The highest BCUT2D eigenvalue weighted by Crippen LogP contribution is 2.27. The predicted molar refractivity (Wildman–Crippen MR) is 152 cm³/mol. The number of hydrogen-bond donors (Lipinski definition) is 0. The molecule has 0 radical (unpaired) electrons. The number of pyridine rings is 1. The van der Waals surface area contributed by atoms with Crippen molar-refractivity contribution in [2.45, 2.75) is 39.0 Å². The molecule has 3 heterocycles. The molecule has 1 aliphatic rings. The van der Waals surface area contributed by atoms with Gasteiger partial charge in [-0.3, -0.25) is 4.79 Å². The van der Waals surface area contributed by atoms with E-state index in [1.165, 1.54) is 25.1 Å². The van der Waals surface area contributed by atoms with Crippen molar-refractivity contribution in [3.63, 3.8) is 0 Å². The molecular weight excluding hydrogens is 538 g/mol. The fraction of sp³-hybridized carbons (Fsp3) is 0.212. The average Bonchev–Trinajstić information content (AvgIpc) is 3.31. The lowest BCUT2D eigenvalue weighted by Crippen LogP contribution is -2.31. The fourth-order valence-electron chi connectivity index (χ4n) is 4.92. The molecule has 210 valence electrons. The van der Waals surface area contributed by atoms with E-state index in [1.807, 2.05) is 22.8 Å². The molecule has 0 saturated carbocycles. The second-order valence-corrected chi connectivity index (χ2v) is 10.2. The van der Waals surface area contributed by atoms with Crippen molar-refractivity contribution in [3.8, 4) is 23.2 Å². The maximum Gasteiger partial charge on any atom is 0.214 e. The minimum absolute atomic E-state index is 0.0303. The van der Waals surface area contributed by atoms with Crippen LogP contribution in [0.15, 0.2) is 72.8 Å². The first-order valence-electron chi connectivity index (χ1n) is 13.6. The van der Waals surface area contributed by atoms with Crippen LogP contribution in [0.3, 0.4) is 0 Å². The summed E-state index contributed by atoms with van der Waals surface area (Å²) in [4.78, 5) is 21.2. The monoisotopic (exact) mass is 564 g/mol. The maximum absolute atomic E-state index is 15.5.